The van der Waals surface area contributed by atoms with Crippen LogP contribution in [0.25, 0.3) is 0 Å². The monoisotopic (exact) mass is 290 g/mol. The molecule has 0 aliphatic carbocycles. The third kappa shape index (κ3) is 4.68. The number of amides is 1. The van der Waals surface area contributed by atoms with Crippen molar-refractivity contribution in [1.82, 2.24) is 14.9 Å². The minimum atomic E-state index is -0.308. The topological polar surface area (TPSA) is 59.0 Å². The van der Waals surface area contributed by atoms with Crippen molar-refractivity contribution in [2.45, 2.75) is 26.4 Å². The summed E-state index contributed by atoms with van der Waals surface area (Å²) in [6.07, 6.45) is 5.33. The lowest BCUT2D eigenvalue weighted by Crippen LogP contribution is -2.36. The van der Waals surface area contributed by atoms with Gasteiger partial charge in [0.1, 0.15) is 5.82 Å². The molecular formula is C15H19FN4O. The molecule has 0 aliphatic heterocycles. The molecule has 0 spiro atoms. The number of aromatic nitrogens is 2. The molecule has 1 aromatic heterocycles. The van der Waals surface area contributed by atoms with Gasteiger partial charge in [0.15, 0.2) is 0 Å². The molecule has 1 heterocycles. The highest BCUT2D eigenvalue weighted by molar-refractivity contribution is 5.92. The molecule has 2 rings (SSSR count). The molecule has 5 nitrogen and oxygen atoms in total. The summed E-state index contributed by atoms with van der Waals surface area (Å²) in [6.45, 7) is 4.69. The number of anilines is 1. The Morgan fingerprint density at radius 3 is 2.95 bits per heavy atom. The molecule has 2 N–H and O–H groups in total. The van der Waals surface area contributed by atoms with E-state index in [1.165, 1.54) is 12.1 Å². The Kier molecular flexibility index (Phi) is 5.05. The molecule has 1 amide bonds. The van der Waals surface area contributed by atoms with Gasteiger partial charge >= 0.3 is 0 Å². The van der Waals surface area contributed by atoms with Crippen LogP contribution in [0.2, 0.25) is 0 Å². The third-order valence-electron chi connectivity index (χ3n) is 3.12. The summed E-state index contributed by atoms with van der Waals surface area (Å²) < 4.78 is 14.9. The Balaban J connectivity index is 1.79. The van der Waals surface area contributed by atoms with Gasteiger partial charge in [0.25, 0.3) is 0 Å². The van der Waals surface area contributed by atoms with Gasteiger partial charge in [0.05, 0.1) is 12.9 Å². The van der Waals surface area contributed by atoms with Gasteiger partial charge in [-0.15, -0.1) is 0 Å². The first kappa shape index (κ1) is 15.2. The third-order valence-corrected chi connectivity index (χ3v) is 3.12. The summed E-state index contributed by atoms with van der Waals surface area (Å²) in [6, 6.07) is 4.43. The van der Waals surface area contributed by atoms with Crippen molar-refractivity contribution < 1.29 is 9.18 Å². The number of imidazole rings is 1. The SMILES string of the molecule is Cc1cc(F)ccc1NC(=O)CN[C@@H](C)Cn1ccnc1. The second kappa shape index (κ2) is 6.99. The van der Waals surface area contributed by atoms with E-state index in [0.29, 0.717) is 11.3 Å². The molecule has 6 heteroatoms. The maximum absolute atomic E-state index is 13.0. The number of hydrogen-bond acceptors (Lipinski definition) is 3. The average Bonchev–Trinajstić information content (AvgIpc) is 2.92. The van der Waals surface area contributed by atoms with Crippen LogP contribution in [0.5, 0.6) is 0 Å². The average molecular weight is 290 g/mol. The predicted molar refractivity (Wildman–Crippen MR) is 79.5 cm³/mol. The van der Waals surface area contributed by atoms with Gasteiger partial charge < -0.3 is 15.2 Å². The minimum absolute atomic E-state index is 0.138. The maximum atomic E-state index is 13.0. The van der Waals surface area contributed by atoms with E-state index in [2.05, 4.69) is 15.6 Å². The molecule has 0 saturated carbocycles. The van der Waals surface area contributed by atoms with E-state index in [-0.39, 0.29) is 24.3 Å². The molecule has 0 unspecified atom stereocenters. The van der Waals surface area contributed by atoms with Crippen LogP contribution in [0.1, 0.15) is 12.5 Å². The fourth-order valence-electron chi connectivity index (χ4n) is 2.00. The molecule has 112 valence electrons. The van der Waals surface area contributed by atoms with Crippen molar-refractivity contribution in [1.29, 1.82) is 0 Å². The number of halogens is 1. The van der Waals surface area contributed by atoms with Gasteiger partial charge in [-0.25, -0.2) is 9.37 Å². The van der Waals surface area contributed by atoms with Gasteiger partial charge in [-0.3, -0.25) is 4.79 Å². The summed E-state index contributed by atoms with van der Waals surface area (Å²) in [5.41, 5.74) is 1.33. The van der Waals surface area contributed by atoms with Crippen molar-refractivity contribution in [2.75, 3.05) is 11.9 Å². The lowest BCUT2D eigenvalue weighted by atomic mass is 10.2. The van der Waals surface area contributed by atoms with Crippen molar-refractivity contribution in [3.63, 3.8) is 0 Å². The first-order chi connectivity index (χ1) is 10.0. The molecule has 0 bridgehead atoms. The maximum Gasteiger partial charge on any atom is 0.238 e. The molecule has 1 aromatic carbocycles. The van der Waals surface area contributed by atoms with E-state index in [1.807, 2.05) is 17.7 Å². The Hall–Kier alpha value is -2.21. The van der Waals surface area contributed by atoms with Crippen LogP contribution >= 0.6 is 0 Å². The zero-order chi connectivity index (χ0) is 15.2. The van der Waals surface area contributed by atoms with E-state index in [4.69, 9.17) is 0 Å². The fourth-order valence-corrected chi connectivity index (χ4v) is 2.00. The molecular weight excluding hydrogens is 271 g/mol. The van der Waals surface area contributed by atoms with Crippen LogP contribution < -0.4 is 10.6 Å². The van der Waals surface area contributed by atoms with Gasteiger partial charge in [-0.1, -0.05) is 0 Å². The number of nitrogens with zero attached hydrogens (tertiary/aromatic N) is 2. The lowest BCUT2D eigenvalue weighted by Gasteiger charge is -2.14. The van der Waals surface area contributed by atoms with Crippen LogP contribution in [0.4, 0.5) is 10.1 Å². The number of hydrogen-bond donors (Lipinski definition) is 2. The molecule has 2 aromatic rings. The number of carbonyl (C=O) groups excluding carboxylic acids is 1. The van der Waals surface area contributed by atoms with E-state index in [0.717, 1.165) is 6.54 Å². The van der Waals surface area contributed by atoms with Crippen LogP contribution in [0.3, 0.4) is 0 Å². The van der Waals surface area contributed by atoms with Crippen LogP contribution in [0, 0.1) is 12.7 Å². The van der Waals surface area contributed by atoms with Crippen molar-refractivity contribution in [3.05, 3.63) is 48.3 Å². The highest BCUT2D eigenvalue weighted by atomic mass is 19.1. The standard InChI is InChI=1S/C15H19FN4O/c1-11-7-13(16)3-4-14(11)19-15(21)8-18-12(2)9-20-6-5-17-10-20/h3-7,10,12,18H,8-9H2,1-2H3,(H,19,21)/t12-/m0/s1. The normalized spacial score (nSPS) is 12.1. The van der Waals surface area contributed by atoms with E-state index >= 15 is 0 Å². The first-order valence-electron chi connectivity index (χ1n) is 6.79. The number of nitrogens with one attached hydrogen (secondary N) is 2. The first-order valence-corrected chi connectivity index (χ1v) is 6.79. The molecule has 0 fully saturated rings. The Bertz CT molecular complexity index is 598. The number of carbonyl (C=O) groups is 1. The Labute approximate surface area is 123 Å². The predicted octanol–water partition coefficient (Wildman–Crippen LogP) is 1.95. The molecule has 0 radical (unpaired) electrons. The summed E-state index contributed by atoms with van der Waals surface area (Å²) >= 11 is 0. The summed E-state index contributed by atoms with van der Waals surface area (Å²) in [4.78, 5) is 15.8. The van der Waals surface area contributed by atoms with Crippen molar-refractivity contribution in [3.8, 4) is 0 Å². The summed E-state index contributed by atoms with van der Waals surface area (Å²) in [5.74, 6) is -0.459. The minimum Gasteiger partial charge on any atom is -0.336 e. The second-order valence-electron chi connectivity index (χ2n) is 5.05. The van der Waals surface area contributed by atoms with E-state index in [1.54, 1.807) is 25.5 Å². The lowest BCUT2D eigenvalue weighted by molar-refractivity contribution is -0.115. The van der Waals surface area contributed by atoms with E-state index in [9.17, 15) is 9.18 Å². The second-order valence-corrected chi connectivity index (χ2v) is 5.05. The molecule has 21 heavy (non-hydrogen) atoms. The van der Waals surface area contributed by atoms with Gasteiger partial charge in [-0.2, -0.15) is 0 Å². The Morgan fingerprint density at radius 1 is 1.48 bits per heavy atom. The van der Waals surface area contributed by atoms with Gasteiger partial charge in [0, 0.05) is 30.7 Å². The van der Waals surface area contributed by atoms with Crippen LogP contribution in [-0.4, -0.2) is 28.0 Å². The van der Waals surface area contributed by atoms with Crippen molar-refractivity contribution >= 4 is 11.6 Å². The van der Waals surface area contributed by atoms with Crippen molar-refractivity contribution in [2.24, 2.45) is 0 Å². The quantitative estimate of drug-likeness (QED) is 0.855. The molecule has 1 atom stereocenters. The zero-order valence-corrected chi connectivity index (χ0v) is 12.1. The summed E-state index contributed by atoms with van der Waals surface area (Å²) in [5, 5.41) is 5.90. The number of aryl methyl sites for hydroxylation is 1. The largest absolute Gasteiger partial charge is 0.336 e. The smallest absolute Gasteiger partial charge is 0.238 e. The highest BCUT2D eigenvalue weighted by Crippen LogP contribution is 2.15. The zero-order valence-electron chi connectivity index (χ0n) is 12.1. The highest BCUT2D eigenvalue weighted by Gasteiger charge is 2.08. The van der Waals surface area contributed by atoms with Crippen LogP contribution in [0.15, 0.2) is 36.9 Å². The Morgan fingerprint density at radius 2 is 2.29 bits per heavy atom. The fraction of sp³-hybridized carbons (Fsp3) is 0.333. The van der Waals surface area contributed by atoms with E-state index < -0.39 is 0 Å². The molecule has 0 aliphatic rings. The number of benzene rings is 1. The van der Waals surface area contributed by atoms with Gasteiger partial charge in [-0.05, 0) is 37.6 Å². The summed E-state index contributed by atoms with van der Waals surface area (Å²) in [7, 11) is 0. The molecule has 0 saturated heterocycles. The van der Waals surface area contributed by atoms with Crippen LogP contribution in [-0.2, 0) is 11.3 Å². The van der Waals surface area contributed by atoms with Gasteiger partial charge in [0.2, 0.25) is 5.91 Å². The number of rotatable bonds is 6.